The van der Waals surface area contributed by atoms with Gasteiger partial charge in [-0.3, -0.25) is 5.41 Å². The second-order valence-electron chi connectivity index (χ2n) is 6.71. The fraction of sp³-hybridized carbons (Fsp3) is 0.0455. The molecule has 0 atom stereocenters. The number of nitrogens with two attached hydrogens (primary N) is 1. The molecule has 13 heteroatoms. The number of nitrogen functional groups attached to an aromatic ring is 1. The zero-order chi connectivity index (χ0) is 25.4. The van der Waals surface area contributed by atoms with Crippen molar-refractivity contribution < 1.29 is 23.1 Å². The second-order valence-corrected chi connectivity index (χ2v) is 7.57. The molecule has 2 aromatic heterocycles. The van der Waals surface area contributed by atoms with E-state index >= 15 is 0 Å². The molecule has 0 saturated carbocycles. The van der Waals surface area contributed by atoms with E-state index in [9.17, 15) is 13.2 Å². The van der Waals surface area contributed by atoms with Crippen LogP contribution in [-0.2, 0) is 4.79 Å². The molecule has 0 amide bonds. The van der Waals surface area contributed by atoms with Gasteiger partial charge in [0.15, 0.2) is 5.13 Å². The molecule has 35 heavy (non-hydrogen) atoms. The van der Waals surface area contributed by atoms with Gasteiger partial charge in [-0.15, -0.1) is 11.3 Å². The quantitative estimate of drug-likeness (QED) is 0.183. The minimum Gasteiger partial charge on any atom is -0.475 e. The van der Waals surface area contributed by atoms with E-state index in [0.29, 0.717) is 17.3 Å². The average Bonchev–Trinajstić information content (AvgIpc) is 3.28. The van der Waals surface area contributed by atoms with Crippen LogP contribution in [-0.4, -0.2) is 38.0 Å². The van der Waals surface area contributed by atoms with Crippen molar-refractivity contribution in [3.05, 3.63) is 77.8 Å². The van der Waals surface area contributed by atoms with Gasteiger partial charge in [0.2, 0.25) is 5.95 Å². The van der Waals surface area contributed by atoms with Crippen LogP contribution in [0.2, 0.25) is 0 Å². The van der Waals surface area contributed by atoms with E-state index in [1.165, 1.54) is 11.3 Å². The van der Waals surface area contributed by atoms with Crippen LogP contribution in [0.25, 0.3) is 11.3 Å². The Morgan fingerprint density at radius 2 is 1.66 bits per heavy atom. The van der Waals surface area contributed by atoms with E-state index in [-0.39, 0.29) is 5.84 Å². The standard InChI is InChI=1S/C20H17N7S.C2HF3O2/c21-18(22)14-6-8-15(9-7-14)24-19-23-11-10-17(26-19)27-20-25-16(12-28-20)13-4-2-1-3-5-13;3-2(4,5)1(6)7/h1-12H,(H3,21,22)(H2,23,24,25,26,27);(H,6,7). The summed E-state index contributed by atoms with van der Waals surface area (Å²) in [5.41, 5.74) is 8.95. The molecular weight excluding hydrogens is 483 g/mol. The predicted octanol–water partition coefficient (Wildman–Crippen LogP) is 5.00. The number of carboxylic acid groups (broad SMARTS) is 1. The molecule has 9 nitrogen and oxygen atoms in total. The third-order valence-corrected chi connectivity index (χ3v) is 4.92. The number of amidine groups is 1. The summed E-state index contributed by atoms with van der Waals surface area (Å²) >= 11 is 1.52. The summed E-state index contributed by atoms with van der Waals surface area (Å²) in [5, 5.41) is 23.7. The highest BCUT2D eigenvalue weighted by Crippen LogP contribution is 2.26. The van der Waals surface area contributed by atoms with Crippen molar-refractivity contribution in [2.24, 2.45) is 5.73 Å². The van der Waals surface area contributed by atoms with Gasteiger partial charge in [-0.2, -0.15) is 18.2 Å². The first-order valence-corrected chi connectivity index (χ1v) is 10.6. The number of rotatable bonds is 6. The van der Waals surface area contributed by atoms with E-state index in [1.54, 1.807) is 24.4 Å². The Balaban J connectivity index is 0.000000429. The van der Waals surface area contributed by atoms with Crippen molar-refractivity contribution in [3.8, 4) is 11.3 Å². The van der Waals surface area contributed by atoms with Crippen LogP contribution in [0, 0.1) is 5.41 Å². The van der Waals surface area contributed by atoms with Crippen molar-refractivity contribution in [2.45, 2.75) is 6.18 Å². The Bertz CT molecular complexity index is 1300. The van der Waals surface area contributed by atoms with Crippen molar-refractivity contribution >= 4 is 45.7 Å². The summed E-state index contributed by atoms with van der Waals surface area (Å²) in [7, 11) is 0. The number of alkyl halides is 3. The lowest BCUT2D eigenvalue weighted by atomic mass is 10.2. The molecule has 2 aromatic carbocycles. The predicted molar refractivity (Wildman–Crippen MR) is 127 cm³/mol. The monoisotopic (exact) mass is 501 g/mol. The zero-order valence-corrected chi connectivity index (χ0v) is 18.6. The first-order chi connectivity index (χ1) is 16.6. The van der Waals surface area contributed by atoms with Crippen LogP contribution in [0.5, 0.6) is 0 Å². The van der Waals surface area contributed by atoms with E-state index in [2.05, 4.69) is 25.6 Å². The molecule has 4 aromatic rings. The van der Waals surface area contributed by atoms with E-state index in [4.69, 9.17) is 21.0 Å². The van der Waals surface area contributed by atoms with Gasteiger partial charge < -0.3 is 21.5 Å². The van der Waals surface area contributed by atoms with Crippen molar-refractivity contribution in [1.82, 2.24) is 15.0 Å². The number of nitrogens with zero attached hydrogens (tertiary/aromatic N) is 3. The number of hydrogen-bond donors (Lipinski definition) is 5. The number of carboxylic acids is 1. The summed E-state index contributed by atoms with van der Waals surface area (Å²) in [6.45, 7) is 0. The number of carbonyl (C=O) groups is 1. The Hall–Kier alpha value is -4.52. The molecule has 0 aliphatic rings. The van der Waals surface area contributed by atoms with Crippen LogP contribution in [0.3, 0.4) is 0 Å². The number of benzene rings is 2. The van der Waals surface area contributed by atoms with Crippen molar-refractivity contribution in [1.29, 1.82) is 5.41 Å². The molecular formula is C22H18F3N7O2S. The lowest BCUT2D eigenvalue weighted by Gasteiger charge is -2.07. The SMILES string of the molecule is N=C(N)c1ccc(Nc2nccc(Nc3nc(-c4ccccc4)cs3)n2)cc1.O=C(O)C(F)(F)F. The Morgan fingerprint density at radius 3 is 2.26 bits per heavy atom. The summed E-state index contributed by atoms with van der Waals surface area (Å²) in [6, 6.07) is 19.0. The van der Waals surface area contributed by atoms with Gasteiger partial charge in [0.1, 0.15) is 11.7 Å². The number of nitrogens with one attached hydrogen (secondary N) is 3. The molecule has 0 aliphatic heterocycles. The summed E-state index contributed by atoms with van der Waals surface area (Å²) < 4.78 is 31.7. The van der Waals surface area contributed by atoms with Gasteiger partial charge in [-0.1, -0.05) is 30.3 Å². The maximum absolute atomic E-state index is 10.6. The van der Waals surface area contributed by atoms with Crippen LogP contribution in [0.1, 0.15) is 5.56 Å². The third-order valence-electron chi connectivity index (χ3n) is 4.16. The highest BCUT2D eigenvalue weighted by molar-refractivity contribution is 7.14. The molecule has 2 heterocycles. The maximum Gasteiger partial charge on any atom is 0.490 e. The van der Waals surface area contributed by atoms with Gasteiger partial charge in [0, 0.05) is 28.4 Å². The lowest BCUT2D eigenvalue weighted by molar-refractivity contribution is -0.192. The largest absolute Gasteiger partial charge is 0.490 e. The van der Waals surface area contributed by atoms with Crippen LogP contribution in [0.4, 0.5) is 35.8 Å². The Labute approximate surface area is 201 Å². The average molecular weight is 501 g/mol. The number of hydrogen-bond acceptors (Lipinski definition) is 8. The fourth-order valence-electron chi connectivity index (χ4n) is 2.53. The third kappa shape index (κ3) is 7.50. The molecule has 0 spiro atoms. The van der Waals surface area contributed by atoms with Gasteiger partial charge >= 0.3 is 12.1 Å². The second kappa shape index (κ2) is 11.1. The highest BCUT2D eigenvalue weighted by atomic mass is 32.1. The Kier molecular flexibility index (Phi) is 7.94. The minimum absolute atomic E-state index is 0.0346. The Morgan fingerprint density at radius 1 is 1.00 bits per heavy atom. The molecule has 180 valence electrons. The van der Waals surface area contributed by atoms with Gasteiger partial charge in [-0.25, -0.2) is 14.8 Å². The molecule has 0 radical (unpaired) electrons. The van der Waals surface area contributed by atoms with E-state index in [0.717, 1.165) is 22.1 Å². The molecule has 0 bridgehead atoms. The van der Waals surface area contributed by atoms with Crippen LogP contribution < -0.4 is 16.4 Å². The van der Waals surface area contributed by atoms with E-state index < -0.39 is 12.1 Å². The highest BCUT2D eigenvalue weighted by Gasteiger charge is 2.38. The topological polar surface area (TPSA) is 150 Å². The molecule has 0 saturated heterocycles. The minimum atomic E-state index is -5.08. The van der Waals surface area contributed by atoms with Crippen molar-refractivity contribution in [3.63, 3.8) is 0 Å². The van der Waals surface area contributed by atoms with Gasteiger partial charge in [-0.05, 0) is 30.3 Å². The maximum atomic E-state index is 10.6. The van der Waals surface area contributed by atoms with Gasteiger partial charge in [0.25, 0.3) is 0 Å². The lowest BCUT2D eigenvalue weighted by Crippen LogP contribution is -2.21. The normalized spacial score (nSPS) is 10.6. The van der Waals surface area contributed by atoms with Crippen molar-refractivity contribution in [2.75, 3.05) is 10.6 Å². The smallest absolute Gasteiger partial charge is 0.475 e. The number of thiazole rings is 1. The number of aliphatic carboxylic acids is 1. The number of anilines is 4. The number of halogens is 3. The molecule has 4 rings (SSSR count). The molecule has 0 unspecified atom stereocenters. The fourth-order valence-corrected chi connectivity index (χ4v) is 3.26. The number of aromatic nitrogens is 3. The first kappa shape index (κ1) is 25.1. The summed E-state index contributed by atoms with van der Waals surface area (Å²) in [5.74, 6) is -1.62. The van der Waals surface area contributed by atoms with E-state index in [1.807, 2.05) is 47.8 Å². The van der Waals surface area contributed by atoms with Crippen LogP contribution in [0.15, 0.2) is 72.2 Å². The first-order valence-electron chi connectivity index (χ1n) is 9.74. The van der Waals surface area contributed by atoms with Crippen LogP contribution >= 0.6 is 11.3 Å². The summed E-state index contributed by atoms with van der Waals surface area (Å²) in [6.07, 6.45) is -3.41. The van der Waals surface area contributed by atoms with Gasteiger partial charge in [0.05, 0.1) is 5.69 Å². The molecule has 0 fully saturated rings. The zero-order valence-electron chi connectivity index (χ0n) is 17.7. The summed E-state index contributed by atoms with van der Waals surface area (Å²) in [4.78, 5) is 22.2. The molecule has 0 aliphatic carbocycles. The molecule has 6 N–H and O–H groups in total.